The van der Waals surface area contributed by atoms with E-state index in [1.807, 2.05) is 0 Å². The van der Waals surface area contributed by atoms with Crippen molar-refractivity contribution in [3.63, 3.8) is 0 Å². The molecule has 0 spiro atoms. The molecule has 0 unspecified atom stereocenters. The van der Waals surface area contributed by atoms with Gasteiger partial charge in [0.05, 0.1) is 6.61 Å². The van der Waals surface area contributed by atoms with Gasteiger partial charge in [0, 0.05) is 19.8 Å². The molecular formula is C11H25NO2. The molecule has 0 fully saturated rings. The summed E-state index contributed by atoms with van der Waals surface area (Å²) in [4.78, 5) is 2.30. The number of hydrogen-bond donors (Lipinski definition) is 1. The lowest BCUT2D eigenvalue weighted by Gasteiger charge is -2.15. The van der Waals surface area contributed by atoms with Crippen LogP contribution in [0, 0.1) is 0 Å². The molecule has 0 atom stereocenters. The SMILES string of the molecule is CCCCCN(C)CCOCCCO. The molecule has 0 saturated carbocycles. The standard InChI is InChI=1S/C11H25NO2/c1-3-4-5-7-12(2)8-11-14-10-6-9-13/h13H,3-11H2,1-2H3. The van der Waals surface area contributed by atoms with E-state index in [0.29, 0.717) is 6.61 Å². The smallest absolute Gasteiger partial charge is 0.0593 e. The molecule has 0 aromatic heterocycles. The average Bonchev–Trinajstić information content (AvgIpc) is 2.18. The number of ether oxygens (including phenoxy) is 1. The second-order valence-corrected chi connectivity index (χ2v) is 3.70. The Balaban J connectivity index is 3.06. The highest BCUT2D eigenvalue weighted by Gasteiger charge is 1.97. The van der Waals surface area contributed by atoms with E-state index < -0.39 is 0 Å². The Morgan fingerprint density at radius 2 is 1.86 bits per heavy atom. The molecule has 0 bridgehead atoms. The number of rotatable bonds is 10. The molecule has 0 radical (unpaired) electrons. The van der Waals surface area contributed by atoms with Gasteiger partial charge >= 0.3 is 0 Å². The molecule has 14 heavy (non-hydrogen) atoms. The highest BCUT2D eigenvalue weighted by Crippen LogP contribution is 1.96. The van der Waals surface area contributed by atoms with Crippen LogP contribution in [0.4, 0.5) is 0 Å². The summed E-state index contributed by atoms with van der Waals surface area (Å²) in [5.74, 6) is 0. The van der Waals surface area contributed by atoms with Crippen LogP contribution in [-0.4, -0.2) is 50.0 Å². The number of unbranched alkanes of at least 4 members (excludes halogenated alkanes) is 2. The van der Waals surface area contributed by atoms with Crippen molar-refractivity contribution in [2.24, 2.45) is 0 Å². The van der Waals surface area contributed by atoms with Crippen molar-refractivity contribution in [2.75, 3.05) is 40.0 Å². The van der Waals surface area contributed by atoms with E-state index >= 15 is 0 Å². The minimum absolute atomic E-state index is 0.229. The lowest BCUT2D eigenvalue weighted by Crippen LogP contribution is -2.24. The summed E-state index contributed by atoms with van der Waals surface area (Å²) >= 11 is 0. The Morgan fingerprint density at radius 1 is 1.07 bits per heavy atom. The van der Waals surface area contributed by atoms with Crippen LogP contribution in [0.25, 0.3) is 0 Å². The van der Waals surface area contributed by atoms with Gasteiger partial charge in [-0.25, -0.2) is 0 Å². The summed E-state index contributed by atoms with van der Waals surface area (Å²) < 4.78 is 5.35. The van der Waals surface area contributed by atoms with Gasteiger partial charge in [-0.1, -0.05) is 19.8 Å². The molecule has 0 amide bonds. The molecule has 1 N–H and O–H groups in total. The minimum Gasteiger partial charge on any atom is -0.396 e. The topological polar surface area (TPSA) is 32.7 Å². The molecular weight excluding hydrogens is 178 g/mol. The van der Waals surface area contributed by atoms with Crippen molar-refractivity contribution >= 4 is 0 Å². The van der Waals surface area contributed by atoms with Crippen LogP contribution in [0.2, 0.25) is 0 Å². The van der Waals surface area contributed by atoms with E-state index in [0.717, 1.165) is 26.1 Å². The Bertz CT molecular complexity index is 109. The molecule has 0 aromatic carbocycles. The first-order valence-electron chi connectivity index (χ1n) is 5.68. The van der Waals surface area contributed by atoms with Gasteiger partial charge in [0.2, 0.25) is 0 Å². The zero-order chi connectivity index (χ0) is 10.6. The fourth-order valence-corrected chi connectivity index (χ4v) is 1.23. The fraction of sp³-hybridized carbons (Fsp3) is 1.00. The summed E-state index contributed by atoms with van der Waals surface area (Å²) in [5.41, 5.74) is 0. The second-order valence-electron chi connectivity index (χ2n) is 3.70. The Morgan fingerprint density at radius 3 is 2.50 bits per heavy atom. The Hall–Kier alpha value is -0.120. The number of nitrogens with zero attached hydrogens (tertiary/aromatic N) is 1. The van der Waals surface area contributed by atoms with Gasteiger partial charge in [-0.3, -0.25) is 0 Å². The van der Waals surface area contributed by atoms with E-state index in [1.54, 1.807) is 0 Å². The van der Waals surface area contributed by atoms with Crippen LogP contribution < -0.4 is 0 Å². The minimum atomic E-state index is 0.229. The maximum absolute atomic E-state index is 8.53. The third kappa shape index (κ3) is 9.96. The Kier molecular flexibility index (Phi) is 10.9. The summed E-state index contributed by atoms with van der Waals surface area (Å²) in [6.45, 7) is 6.07. The van der Waals surface area contributed by atoms with Crippen LogP contribution in [0.3, 0.4) is 0 Å². The molecule has 3 heteroatoms. The fourth-order valence-electron chi connectivity index (χ4n) is 1.23. The zero-order valence-corrected chi connectivity index (χ0v) is 9.67. The van der Waals surface area contributed by atoms with Gasteiger partial charge in [-0.05, 0) is 26.4 Å². The third-order valence-corrected chi connectivity index (χ3v) is 2.21. The van der Waals surface area contributed by atoms with Crippen molar-refractivity contribution in [3.05, 3.63) is 0 Å². The van der Waals surface area contributed by atoms with Crippen LogP contribution in [0.15, 0.2) is 0 Å². The maximum atomic E-state index is 8.53. The van der Waals surface area contributed by atoms with Gasteiger partial charge < -0.3 is 14.7 Å². The monoisotopic (exact) mass is 203 g/mol. The molecule has 86 valence electrons. The van der Waals surface area contributed by atoms with Crippen LogP contribution in [0.5, 0.6) is 0 Å². The van der Waals surface area contributed by atoms with Crippen LogP contribution in [0.1, 0.15) is 32.6 Å². The Labute approximate surface area is 88.1 Å². The quantitative estimate of drug-likeness (QED) is 0.546. The van der Waals surface area contributed by atoms with Crippen LogP contribution in [-0.2, 0) is 4.74 Å². The molecule has 0 aliphatic heterocycles. The van der Waals surface area contributed by atoms with E-state index in [1.165, 1.54) is 19.3 Å². The first kappa shape index (κ1) is 13.9. The van der Waals surface area contributed by atoms with Gasteiger partial charge in [0.15, 0.2) is 0 Å². The molecule has 3 nitrogen and oxygen atoms in total. The molecule has 0 rings (SSSR count). The number of hydrogen-bond acceptors (Lipinski definition) is 3. The van der Waals surface area contributed by atoms with Crippen molar-refractivity contribution in [3.8, 4) is 0 Å². The van der Waals surface area contributed by atoms with E-state index in [2.05, 4.69) is 18.9 Å². The zero-order valence-electron chi connectivity index (χ0n) is 9.67. The van der Waals surface area contributed by atoms with Crippen molar-refractivity contribution in [1.82, 2.24) is 4.90 Å². The lowest BCUT2D eigenvalue weighted by atomic mass is 10.2. The number of aliphatic hydroxyl groups excluding tert-OH is 1. The molecule has 0 heterocycles. The highest BCUT2D eigenvalue weighted by molar-refractivity contribution is 4.50. The van der Waals surface area contributed by atoms with Crippen LogP contribution >= 0.6 is 0 Å². The summed E-state index contributed by atoms with van der Waals surface area (Å²) in [6, 6.07) is 0. The van der Waals surface area contributed by atoms with E-state index in [4.69, 9.17) is 9.84 Å². The molecule has 0 aliphatic rings. The van der Waals surface area contributed by atoms with E-state index in [9.17, 15) is 0 Å². The van der Waals surface area contributed by atoms with E-state index in [-0.39, 0.29) is 6.61 Å². The number of aliphatic hydroxyl groups is 1. The normalized spacial score (nSPS) is 11.1. The second kappa shape index (κ2) is 11.0. The average molecular weight is 203 g/mol. The molecule has 0 aliphatic carbocycles. The third-order valence-electron chi connectivity index (χ3n) is 2.21. The first-order chi connectivity index (χ1) is 6.81. The number of likely N-dealkylation sites (N-methyl/N-ethyl adjacent to an activating group) is 1. The molecule has 0 aromatic rings. The predicted molar refractivity (Wildman–Crippen MR) is 59.5 cm³/mol. The van der Waals surface area contributed by atoms with Gasteiger partial charge in [0.25, 0.3) is 0 Å². The van der Waals surface area contributed by atoms with Gasteiger partial charge in [-0.2, -0.15) is 0 Å². The van der Waals surface area contributed by atoms with Gasteiger partial charge in [0.1, 0.15) is 0 Å². The van der Waals surface area contributed by atoms with Crippen molar-refractivity contribution in [2.45, 2.75) is 32.6 Å². The van der Waals surface area contributed by atoms with Gasteiger partial charge in [-0.15, -0.1) is 0 Å². The summed E-state index contributed by atoms with van der Waals surface area (Å²) in [7, 11) is 2.13. The lowest BCUT2D eigenvalue weighted by molar-refractivity contribution is 0.0976. The summed E-state index contributed by atoms with van der Waals surface area (Å²) in [6.07, 6.45) is 4.62. The maximum Gasteiger partial charge on any atom is 0.0593 e. The highest BCUT2D eigenvalue weighted by atomic mass is 16.5. The molecule has 0 saturated heterocycles. The van der Waals surface area contributed by atoms with Crippen molar-refractivity contribution < 1.29 is 9.84 Å². The van der Waals surface area contributed by atoms with Crippen molar-refractivity contribution in [1.29, 1.82) is 0 Å². The first-order valence-corrected chi connectivity index (χ1v) is 5.68. The summed E-state index contributed by atoms with van der Waals surface area (Å²) in [5, 5.41) is 8.53. The largest absolute Gasteiger partial charge is 0.396 e. The predicted octanol–water partition coefficient (Wildman–Crippen LogP) is 1.51.